The molecule has 136 valence electrons. The molecule has 3 aromatic rings. The number of benzene rings is 2. The predicted octanol–water partition coefficient (Wildman–Crippen LogP) is 3.72. The van der Waals surface area contributed by atoms with Crippen LogP contribution in [-0.2, 0) is 23.8 Å². The highest BCUT2D eigenvalue weighted by molar-refractivity contribution is 5.82. The third kappa shape index (κ3) is 3.27. The third-order valence-corrected chi connectivity index (χ3v) is 5.64. The lowest BCUT2D eigenvalue weighted by Gasteiger charge is -2.38. The highest BCUT2D eigenvalue weighted by atomic mass is 16.5. The Hall–Kier alpha value is -2.17. The van der Waals surface area contributed by atoms with Crippen LogP contribution in [0.1, 0.15) is 29.5 Å². The summed E-state index contributed by atoms with van der Waals surface area (Å²) in [6.07, 6.45) is 4.17. The fourth-order valence-electron chi connectivity index (χ4n) is 4.26. The van der Waals surface area contributed by atoms with Crippen LogP contribution in [0.15, 0.2) is 48.7 Å². The molecule has 0 amide bonds. The van der Waals surface area contributed by atoms with E-state index < -0.39 is 0 Å². The minimum absolute atomic E-state index is 0.113. The summed E-state index contributed by atoms with van der Waals surface area (Å²) < 4.78 is 8.28. The van der Waals surface area contributed by atoms with Gasteiger partial charge in [0.15, 0.2) is 0 Å². The average molecular weight is 349 g/mol. The summed E-state index contributed by atoms with van der Waals surface area (Å²) in [6, 6.07) is 15.3. The second kappa shape index (κ2) is 7.22. The zero-order chi connectivity index (χ0) is 18.0. The normalized spacial score (nSPS) is 16.8. The number of ether oxygens (including phenoxy) is 1. The first-order valence-electron chi connectivity index (χ1n) is 9.43. The lowest BCUT2D eigenvalue weighted by molar-refractivity contribution is 0.0569. The zero-order valence-corrected chi connectivity index (χ0v) is 15.7. The third-order valence-electron chi connectivity index (χ3n) is 5.64. The van der Waals surface area contributed by atoms with Gasteiger partial charge >= 0.3 is 0 Å². The number of rotatable bonds is 5. The van der Waals surface area contributed by atoms with Crippen LogP contribution in [0.2, 0.25) is 0 Å². The Morgan fingerprint density at radius 3 is 2.69 bits per heavy atom. The minimum Gasteiger partial charge on any atom is -0.376 e. The summed E-state index contributed by atoms with van der Waals surface area (Å²) in [7, 11) is 2.00. The quantitative estimate of drug-likeness (QED) is 0.763. The van der Waals surface area contributed by atoms with Crippen LogP contribution in [-0.4, -0.2) is 29.5 Å². The van der Waals surface area contributed by atoms with E-state index >= 15 is 0 Å². The number of piperidine rings is 1. The molecule has 4 nitrogen and oxygen atoms in total. The van der Waals surface area contributed by atoms with Crippen molar-refractivity contribution in [3.05, 3.63) is 65.4 Å². The molecule has 26 heavy (non-hydrogen) atoms. The van der Waals surface area contributed by atoms with E-state index in [0.717, 1.165) is 32.5 Å². The van der Waals surface area contributed by atoms with Crippen molar-refractivity contribution in [2.24, 2.45) is 7.05 Å². The van der Waals surface area contributed by atoms with Crippen molar-refractivity contribution >= 4 is 10.9 Å². The van der Waals surface area contributed by atoms with Gasteiger partial charge in [0.05, 0.1) is 24.9 Å². The molecule has 2 aromatic carbocycles. The molecule has 0 saturated carbocycles. The zero-order valence-electron chi connectivity index (χ0n) is 15.7. The lowest BCUT2D eigenvalue weighted by Crippen LogP contribution is -2.43. The maximum absolute atomic E-state index is 6.34. The fourth-order valence-corrected chi connectivity index (χ4v) is 4.26. The number of nitrogens with one attached hydrogen (secondary N) is 1. The summed E-state index contributed by atoms with van der Waals surface area (Å²) in [6.45, 7) is 5.61. The van der Waals surface area contributed by atoms with Crippen LogP contribution in [0.25, 0.3) is 10.9 Å². The van der Waals surface area contributed by atoms with E-state index in [-0.39, 0.29) is 5.41 Å². The van der Waals surface area contributed by atoms with E-state index in [1.807, 2.05) is 17.9 Å². The summed E-state index contributed by atoms with van der Waals surface area (Å²) >= 11 is 0. The summed E-state index contributed by atoms with van der Waals surface area (Å²) in [5, 5.41) is 9.08. The van der Waals surface area contributed by atoms with E-state index in [1.165, 1.54) is 27.6 Å². The molecule has 1 aromatic heterocycles. The van der Waals surface area contributed by atoms with Crippen LogP contribution in [0.3, 0.4) is 0 Å². The van der Waals surface area contributed by atoms with Gasteiger partial charge in [-0.25, -0.2) is 0 Å². The highest BCUT2D eigenvalue weighted by Gasteiger charge is 2.34. The number of hydrogen-bond acceptors (Lipinski definition) is 3. The second-order valence-corrected chi connectivity index (χ2v) is 7.52. The Bertz CT molecular complexity index is 879. The highest BCUT2D eigenvalue weighted by Crippen LogP contribution is 2.34. The van der Waals surface area contributed by atoms with Crippen molar-refractivity contribution in [1.29, 1.82) is 0 Å². The Balaban J connectivity index is 1.55. The van der Waals surface area contributed by atoms with E-state index in [4.69, 9.17) is 4.74 Å². The molecule has 2 heterocycles. The first-order valence-corrected chi connectivity index (χ1v) is 9.43. The number of hydrogen-bond donors (Lipinski definition) is 1. The molecular weight excluding hydrogens is 322 g/mol. The van der Waals surface area contributed by atoms with Crippen molar-refractivity contribution in [3.63, 3.8) is 0 Å². The maximum Gasteiger partial charge on any atom is 0.0738 e. The van der Waals surface area contributed by atoms with Gasteiger partial charge in [0.25, 0.3) is 0 Å². The SMILES string of the molecule is Cc1cc(COCC2(c3ccccc3)CCNCC2)c2c(cnn2C)c1. The second-order valence-electron chi connectivity index (χ2n) is 7.52. The standard InChI is InChI=1S/C22H27N3O/c1-17-12-18-14-24-25(2)21(18)19(13-17)15-26-16-22(8-10-23-11-9-22)20-6-4-3-5-7-20/h3-7,12-14,23H,8-11,15-16H2,1-2H3. The van der Waals surface area contributed by atoms with Crippen molar-refractivity contribution in [3.8, 4) is 0 Å². The molecule has 0 unspecified atom stereocenters. The van der Waals surface area contributed by atoms with Crippen LogP contribution >= 0.6 is 0 Å². The number of nitrogens with zero attached hydrogens (tertiary/aromatic N) is 2. The molecule has 0 atom stereocenters. The predicted molar refractivity (Wildman–Crippen MR) is 105 cm³/mol. The Kier molecular flexibility index (Phi) is 4.79. The van der Waals surface area contributed by atoms with Crippen LogP contribution in [0.5, 0.6) is 0 Å². The van der Waals surface area contributed by atoms with Gasteiger partial charge in [0.1, 0.15) is 0 Å². The van der Waals surface area contributed by atoms with Gasteiger partial charge in [0.2, 0.25) is 0 Å². The van der Waals surface area contributed by atoms with Crippen molar-refractivity contribution in [2.45, 2.75) is 31.8 Å². The van der Waals surface area contributed by atoms with Crippen molar-refractivity contribution in [1.82, 2.24) is 15.1 Å². The molecule has 1 aliphatic rings. The largest absolute Gasteiger partial charge is 0.376 e. The summed E-state index contributed by atoms with van der Waals surface area (Å²) in [4.78, 5) is 0. The van der Waals surface area contributed by atoms with E-state index in [0.29, 0.717) is 6.61 Å². The molecule has 0 spiro atoms. The molecule has 1 aliphatic heterocycles. The molecule has 4 rings (SSSR count). The average Bonchev–Trinajstić information content (AvgIpc) is 3.04. The van der Waals surface area contributed by atoms with Gasteiger partial charge in [-0.15, -0.1) is 0 Å². The van der Waals surface area contributed by atoms with Crippen molar-refractivity contribution < 1.29 is 4.74 Å². The smallest absolute Gasteiger partial charge is 0.0738 e. The number of aryl methyl sites for hydroxylation is 2. The minimum atomic E-state index is 0.113. The molecule has 1 N–H and O–H groups in total. The molecule has 4 heteroatoms. The van der Waals surface area contributed by atoms with Crippen LogP contribution in [0, 0.1) is 6.92 Å². The monoisotopic (exact) mass is 349 g/mol. The lowest BCUT2D eigenvalue weighted by atomic mass is 9.74. The van der Waals surface area contributed by atoms with Crippen LogP contribution in [0.4, 0.5) is 0 Å². The van der Waals surface area contributed by atoms with Gasteiger partial charge in [-0.1, -0.05) is 36.4 Å². The van der Waals surface area contributed by atoms with Crippen molar-refractivity contribution in [2.75, 3.05) is 19.7 Å². The molecule has 0 aliphatic carbocycles. The topological polar surface area (TPSA) is 39.1 Å². The van der Waals surface area contributed by atoms with Gasteiger partial charge < -0.3 is 10.1 Å². The molecule has 0 bridgehead atoms. The van der Waals surface area contributed by atoms with Gasteiger partial charge in [-0.2, -0.15) is 5.10 Å². The first kappa shape index (κ1) is 17.3. The van der Waals surface area contributed by atoms with E-state index in [9.17, 15) is 0 Å². The fraction of sp³-hybridized carbons (Fsp3) is 0.409. The summed E-state index contributed by atoms with van der Waals surface area (Å²) in [5.41, 5.74) is 5.16. The van der Waals surface area contributed by atoms with Gasteiger partial charge in [-0.05, 0) is 50.0 Å². The van der Waals surface area contributed by atoms with Crippen LogP contribution < -0.4 is 5.32 Å². The van der Waals surface area contributed by atoms with E-state index in [2.05, 4.69) is 59.8 Å². The number of aromatic nitrogens is 2. The number of fused-ring (bicyclic) bond motifs is 1. The summed E-state index contributed by atoms with van der Waals surface area (Å²) in [5.74, 6) is 0. The Morgan fingerprint density at radius 1 is 1.15 bits per heavy atom. The molecule has 1 fully saturated rings. The Morgan fingerprint density at radius 2 is 1.92 bits per heavy atom. The molecular formula is C22H27N3O. The van der Waals surface area contributed by atoms with Gasteiger partial charge in [-0.3, -0.25) is 4.68 Å². The van der Waals surface area contributed by atoms with E-state index in [1.54, 1.807) is 0 Å². The first-order chi connectivity index (χ1) is 12.7. The van der Waals surface area contributed by atoms with Gasteiger partial charge in [0, 0.05) is 23.4 Å². The molecule has 0 radical (unpaired) electrons. The Labute approximate surface area is 155 Å². The maximum atomic E-state index is 6.34. The molecule has 1 saturated heterocycles.